The Kier molecular flexibility index (Phi) is 4.45. The number of aromatic amines is 1. The predicted molar refractivity (Wildman–Crippen MR) is 113 cm³/mol. The van der Waals surface area contributed by atoms with Crippen molar-refractivity contribution in [3.63, 3.8) is 0 Å². The van der Waals surface area contributed by atoms with E-state index in [2.05, 4.69) is 30.2 Å². The zero-order valence-corrected chi connectivity index (χ0v) is 16.4. The summed E-state index contributed by atoms with van der Waals surface area (Å²) in [4.78, 5) is 32.5. The Morgan fingerprint density at radius 2 is 2.17 bits per heavy atom. The number of pyridine rings is 1. The Morgan fingerprint density at radius 1 is 1.24 bits per heavy atom. The number of amides is 1. The van der Waals surface area contributed by atoms with Gasteiger partial charge in [0, 0.05) is 37.1 Å². The minimum absolute atomic E-state index is 0.237. The van der Waals surface area contributed by atoms with E-state index in [1.165, 1.54) is 16.2 Å². The molecule has 0 spiro atoms. The zero-order valence-electron chi connectivity index (χ0n) is 15.6. The Balaban J connectivity index is 1.32. The third-order valence-corrected chi connectivity index (χ3v) is 5.92. The number of nitrogens with zero attached hydrogens (tertiary/aromatic N) is 4. The van der Waals surface area contributed by atoms with Crippen LogP contribution in [0.1, 0.15) is 26.6 Å². The summed E-state index contributed by atoms with van der Waals surface area (Å²) in [6, 6.07) is 11.3. The van der Waals surface area contributed by atoms with Crippen LogP contribution >= 0.6 is 11.3 Å². The molecule has 0 atom stereocenters. The molecule has 1 aliphatic heterocycles. The lowest BCUT2D eigenvalue weighted by Gasteiger charge is -2.25. The molecular weight excluding hydrogens is 386 g/mol. The van der Waals surface area contributed by atoms with Crippen LogP contribution in [0.15, 0.2) is 42.6 Å². The maximum Gasteiger partial charge on any atom is 0.259 e. The molecule has 3 aromatic heterocycles. The van der Waals surface area contributed by atoms with Crippen molar-refractivity contribution in [3.8, 4) is 0 Å². The molecule has 1 aromatic carbocycles. The van der Waals surface area contributed by atoms with E-state index in [4.69, 9.17) is 5.73 Å². The molecule has 0 unspecified atom stereocenters. The molecule has 8 nitrogen and oxygen atoms in total. The van der Waals surface area contributed by atoms with Crippen LogP contribution in [0.25, 0.3) is 11.0 Å². The molecule has 0 radical (unpaired) electrons. The first kappa shape index (κ1) is 17.8. The van der Waals surface area contributed by atoms with Gasteiger partial charge in [0.05, 0.1) is 22.5 Å². The van der Waals surface area contributed by atoms with Crippen molar-refractivity contribution in [2.45, 2.75) is 19.5 Å². The second-order valence-corrected chi connectivity index (χ2v) is 8.03. The average Bonchev–Trinajstić information content (AvgIpc) is 3.29. The van der Waals surface area contributed by atoms with Gasteiger partial charge in [0.25, 0.3) is 5.91 Å². The second-order valence-electron chi connectivity index (χ2n) is 6.95. The molecule has 0 bridgehead atoms. The summed E-state index contributed by atoms with van der Waals surface area (Å²) < 4.78 is 0. The lowest BCUT2D eigenvalue weighted by Crippen LogP contribution is -2.29. The number of aromatic nitrogens is 4. The van der Waals surface area contributed by atoms with Gasteiger partial charge in [0.1, 0.15) is 5.52 Å². The first-order chi connectivity index (χ1) is 14.2. The molecule has 0 saturated heterocycles. The number of anilines is 2. The zero-order chi connectivity index (χ0) is 19.8. The van der Waals surface area contributed by atoms with E-state index in [0.29, 0.717) is 16.2 Å². The summed E-state index contributed by atoms with van der Waals surface area (Å²) in [6.07, 6.45) is 2.68. The maximum absolute atomic E-state index is 12.8. The number of nitrogens with one attached hydrogen (secondary N) is 2. The van der Waals surface area contributed by atoms with Crippen LogP contribution in [0.3, 0.4) is 0 Å². The van der Waals surface area contributed by atoms with E-state index >= 15 is 0 Å². The van der Waals surface area contributed by atoms with Crippen LogP contribution in [0.4, 0.5) is 11.1 Å². The summed E-state index contributed by atoms with van der Waals surface area (Å²) >= 11 is 1.53. The van der Waals surface area contributed by atoms with E-state index < -0.39 is 0 Å². The molecule has 5 rings (SSSR count). The second kappa shape index (κ2) is 7.26. The van der Waals surface area contributed by atoms with Gasteiger partial charge in [-0.1, -0.05) is 12.1 Å². The van der Waals surface area contributed by atoms with Crippen molar-refractivity contribution in [2.75, 3.05) is 17.6 Å². The largest absolute Gasteiger partial charge is 0.369 e. The average molecular weight is 405 g/mol. The van der Waals surface area contributed by atoms with Gasteiger partial charge >= 0.3 is 0 Å². The molecule has 29 heavy (non-hydrogen) atoms. The molecule has 4 N–H and O–H groups in total. The number of thiazole rings is 1. The fourth-order valence-electron chi connectivity index (χ4n) is 3.56. The maximum atomic E-state index is 12.8. The molecule has 9 heteroatoms. The van der Waals surface area contributed by atoms with Crippen LogP contribution in [-0.4, -0.2) is 37.3 Å². The number of carbonyl (C=O) groups is 1. The Morgan fingerprint density at radius 3 is 3.03 bits per heavy atom. The van der Waals surface area contributed by atoms with Gasteiger partial charge in [-0.25, -0.2) is 9.97 Å². The highest BCUT2D eigenvalue weighted by atomic mass is 32.1. The number of nitrogen functional groups attached to an aromatic ring is 1. The number of carbonyl (C=O) groups excluding carboxylic acids is 1. The molecule has 1 amide bonds. The summed E-state index contributed by atoms with van der Waals surface area (Å²) in [7, 11) is 0. The molecular formula is C20H19N7OS. The van der Waals surface area contributed by atoms with Crippen LogP contribution in [0.2, 0.25) is 0 Å². The van der Waals surface area contributed by atoms with Gasteiger partial charge in [0.2, 0.25) is 0 Å². The van der Waals surface area contributed by atoms with Crippen molar-refractivity contribution < 1.29 is 4.79 Å². The van der Waals surface area contributed by atoms with Gasteiger partial charge in [-0.15, -0.1) is 11.3 Å². The lowest BCUT2D eigenvalue weighted by molar-refractivity contribution is 0.102. The summed E-state index contributed by atoms with van der Waals surface area (Å²) in [5, 5.41) is 3.54. The number of nitrogens with two attached hydrogens (primary N) is 1. The molecule has 0 saturated carbocycles. The van der Waals surface area contributed by atoms with E-state index in [1.54, 1.807) is 12.1 Å². The van der Waals surface area contributed by atoms with Crippen LogP contribution in [0.5, 0.6) is 0 Å². The predicted octanol–water partition coefficient (Wildman–Crippen LogP) is 2.81. The number of hydrogen-bond acceptors (Lipinski definition) is 7. The number of para-hydroxylation sites is 1. The SMILES string of the molecule is Nc1nc2c(C(=O)Nc3nc4c(s3)CN(Cc3ccccn3)CC4)cccc2[nH]1. The number of H-pyrrole nitrogens is 1. The molecule has 146 valence electrons. The fourth-order valence-corrected chi connectivity index (χ4v) is 4.60. The first-order valence-electron chi connectivity index (χ1n) is 9.32. The number of fused-ring (bicyclic) bond motifs is 2. The summed E-state index contributed by atoms with van der Waals surface area (Å²) in [6.45, 7) is 2.54. The van der Waals surface area contributed by atoms with Crippen molar-refractivity contribution in [2.24, 2.45) is 0 Å². The van der Waals surface area contributed by atoms with Gasteiger partial charge in [-0.05, 0) is 24.3 Å². The lowest BCUT2D eigenvalue weighted by atomic mass is 10.1. The van der Waals surface area contributed by atoms with Crippen molar-refractivity contribution in [1.29, 1.82) is 0 Å². The van der Waals surface area contributed by atoms with Crippen LogP contribution in [0, 0.1) is 0 Å². The smallest absolute Gasteiger partial charge is 0.259 e. The minimum Gasteiger partial charge on any atom is -0.369 e. The molecule has 1 aliphatic rings. The normalized spacial score (nSPS) is 14.1. The van der Waals surface area contributed by atoms with Gasteiger partial charge in [-0.2, -0.15) is 0 Å². The highest BCUT2D eigenvalue weighted by Gasteiger charge is 2.22. The van der Waals surface area contributed by atoms with Crippen LogP contribution in [-0.2, 0) is 19.5 Å². The van der Waals surface area contributed by atoms with Gasteiger partial charge < -0.3 is 10.7 Å². The summed E-state index contributed by atoms with van der Waals surface area (Å²) in [5.41, 5.74) is 9.61. The Labute approximate surface area is 170 Å². The Hall–Kier alpha value is -3.30. The van der Waals surface area contributed by atoms with Crippen LogP contribution < -0.4 is 11.1 Å². The Bertz CT molecular complexity index is 1180. The van der Waals surface area contributed by atoms with Gasteiger partial charge in [-0.3, -0.25) is 20.0 Å². The van der Waals surface area contributed by atoms with Crippen molar-refractivity contribution >= 4 is 39.4 Å². The van der Waals surface area contributed by atoms with Gasteiger partial charge in [0.15, 0.2) is 11.1 Å². The standard InChI is InChI=1S/C20H19N7OS/c21-19-23-15-6-3-5-13(17(15)25-19)18(28)26-20-24-14-7-9-27(11-16(14)29-20)10-12-4-1-2-8-22-12/h1-6,8H,7,9-11H2,(H3,21,23,25)(H,24,26,28). The molecule has 0 fully saturated rings. The third-order valence-electron chi connectivity index (χ3n) is 4.92. The van der Waals surface area contributed by atoms with E-state index in [9.17, 15) is 4.79 Å². The molecule has 4 aromatic rings. The number of rotatable bonds is 4. The highest BCUT2D eigenvalue weighted by Crippen LogP contribution is 2.29. The van der Waals surface area contributed by atoms with E-state index in [0.717, 1.165) is 43.0 Å². The highest BCUT2D eigenvalue weighted by molar-refractivity contribution is 7.15. The van der Waals surface area contributed by atoms with E-state index in [-0.39, 0.29) is 11.9 Å². The van der Waals surface area contributed by atoms with Crippen molar-refractivity contribution in [3.05, 3.63) is 64.4 Å². The number of benzene rings is 1. The van der Waals surface area contributed by atoms with Crippen molar-refractivity contribution in [1.82, 2.24) is 24.8 Å². The molecule has 0 aliphatic carbocycles. The minimum atomic E-state index is -0.237. The quantitative estimate of drug-likeness (QED) is 0.481. The number of imidazole rings is 1. The summed E-state index contributed by atoms with van der Waals surface area (Å²) in [5.74, 6) is 0.0523. The number of hydrogen-bond donors (Lipinski definition) is 3. The first-order valence-corrected chi connectivity index (χ1v) is 10.1. The monoisotopic (exact) mass is 405 g/mol. The molecule has 4 heterocycles. The third kappa shape index (κ3) is 3.57. The topological polar surface area (TPSA) is 113 Å². The fraction of sp³-hybridized carbons (Fsp3) is 0.200. The van der Waals surface area contributed by atoms with E-state index in [1.807, 2.05) is 30.5 Å².